The number of carbonyl (C=O) groups is 3. The second-order valence-corrected chi connectivity index (χ2v) is 17.3. The summed E-state index contributed by atoms with van der Waals surface area (Å²) >= 11 is 0. The zero-order valence-electron chi connectivity index (χ0n) is 35.4. The third kappa shape index (κ3) is 10.9. The van der Waals surface area contributed by atoms with Crippen LogP contribution in [0.3, 0.4) is 0 Å². The SMILES string of the molecule is O=C1COc2c(CCNCCN(C(=O)CCOCCc3cccc(CN4CCC5(CC4)CN(C(=O)Cc4c[nH]c6ccccc46)CCO5)c3)C3CCCCC3)ccc(O)c2N1. The zero-order chi connectivity index (χ0) is 42.0. The molecule has 3 fully saturated rings. The van der Waals surface area contributed by atoms with Gasteiger partial charge in [-0.05, 0) is 79.5 Å². The van der Waals surface area contributed by atoms with E-state index in [-0.39, 0.29) is 41.7 Å². The first-order valence-corrected chi connectivity index (χ1v) is 22.4. The van der Waals surface area contributed by atoms with Crippen LogP contribution < -0.4 is 15.4 Å². The number of aromatic hydroxyl groups is 1. The van der Waals surface area contributed by atoms with Gasteiger partial charge in [-0.25, -0.2) is 0 Å². The molecule has 3 aromatic carbocycles. The smallest absolute Gasteiger partial charge is 0.262 e. The van der Waals surface area contributed by atoms with Crippen LogP contribution in [0.1, 0.15) is 73.6 Å². The highest BCUT2D eigenvalue weighted by molar-refractivity contribution is 5.97. The van der Waals surface area contributed by atoms with Crippen molar-refractivity contribution in [2.45, 2.75) is 88.8 Å². The van der Waals surface area contributed by atoms with Crippen LogP contribution >= 0.6 is 0 Å². The monoisotopic (exact) mass is 834 g/mol. The largest absolute Gasteiger partial charge is 0.506 e. The van der Waals surface area contributed by atoms with E-state index in [2.05, 4.69) is 55.7 Å². The zero-order valence-corrected chi connectivity index (χ0v) is 35.4. The van der Waals surface area contributed by atoms with E-state index in [9.17, 15) is 19.5 Å². The van der Waals surface area contributed by atoms with Crippen LogP contribution in [0.4, 0.5) is 5.69 Å². The van der Waals surface area contributed by atoms with Crippen molar-refractivity contribution in [1.29, 1.82) is 0 Å². The summed E-state index contributed by atoms with van der Waals surface area (Å²) < 4.78 is 18.1. The van der Waals surface area contributed by atoms with E-state index in [1.165, 1.54) is 17.5 Å². The fraction of sp³-hybridized carbons (Fsp3) is 0.521. The Kier molecular flexibility index (Phi) is 14.2. The minimum Gasteiger partial charge on any atom is -0.506 e. The van der Waals surface area contributed by atoms with Gasteiger partial charge in [-0.2, -0.15) is 0 Å². The second-order valence-electron chi connectivity index (χ2n) is 17.3. The molecule has 3 amide bonds. The van der Waals surface area contributed by atoms with Gasteiger partial charge in [0.05, 0.1) is 38.3 Å². The van der Waals surface area contributed by atoms with Crippen LogP contribution in [0.25, 0.3) is 10.9 Å². The normalized spacial score (nSPS) is 18.2. The molecule has 4 aliphatic rings. The molecule has 326 valence electrons. The summed E-state index contributed by atoms with van der Waals surface area (Å²) in [7, 11) is 0. The maximum absolute atomic E-state index is 13.6. The van der Waals surface area contributed by atoms with Gasteiger partial charge >= 0.3 is 0 Å². The number of piperidine rings is 1. The van der Waals surface area contributed by atoms with Crippen molar-refractivity contribution in [3.8, 4) is 11.5 Å². The molecule has 1 spiro atoms. The number of morpholine rings is 1. The number of benzene rings is 3. The molecule has 1 aromatic heterocycles. The van der Waals surface area contributed by atoms with Crippen molar-refractivity contribution in [2.24, 2.45) is 0 Å². The van der Waals surface area contributed by atoms with E-state index in [1.54, 1.807) is 6.07 Å². The Balaban J connectivity index is 0.740. The molecule has 0 atom stereocenters. The van der Waals surface area contributed by atoms with E-state index >= 15 is 0 Å². The number of amides is 3. The number of phenols is 1. The molecule has 1 aliphatic carbocycles. The predicted molar refractivity (Wildman–Crippen MR) is 235 cm³/mol. The molecule has 0 radical (unpaired) electrons. The average Bonchev–Trinajstić information content (AvgIpc) is 3.69. The molecular formula is C48H62N6O7. The summed E-state index contributed by atoms with van der Waals surface area (Å²) in [6.45, 7) is 7.52. The molecule has 13 nitrogen and oxygen atoms in total. The van der Waals surface area contributed by atoms with Gasteiger partial charge in [-0.15, -0.1) is 0 Å². The summed E-state index contributed by atoms with van der Waals surface area (Å²) in [6, 6.07) is 20.6. The number of fused-ring (bicyclic) bond motifs is 2. The second kappa shape index (κ2) is 20.3. The van der Waals surface area contributed by atoms with Gasteiger partial charge in [-0.3, -0.25) is 19.3 Å². The quantitative estimate of drug-likeness (QED) is 0.0791. The Labute approximate surface area is 359 Å². The minimum atomic E-state index is -0.280. The lowest BCUT2D eigenvalue weighted by Crippen LogP contribution is -2.58. The number of hydrogen-bond donors (Lipinski definition) is 4. The van der Waals surface area contributed by atoms with Crippen molar-refractivity contribution >= 4 is 34.3 Å². The molecule has 0 bridgehead atoms. The van der Waals surface area contributed by atoms with Crippen molar-refractivity contribution in [3.05, 3.63) is 89.1 Å². The van der Waals surface area contributed by atoms with Crippen molar-refractivity contribution in [1.82, 2.24) is 25.0 Å². The summed E-state index contributed by atoms with van der Waals surface area (Å²) in [5, 5.41) is 17.5. The highest BCUT2D eigenvalue weighted by Crippen LogP contribution is 2.39. The van der Waals surface area contributed by atoms with Gasteiger partial charge in [0.15, 0.2) is 12.4 Å². The van der Waals surface area contributed by atoms with Gasteiger partial charge < -0.3 is 44.7 Å². The Morgan fingerprint density at radius 2 is 1.77 bits per heavy atom. The molecule has 8 rings (SSSR count). The lowest BCUT2D eigenvalue weighted by atomic mass is 9.89. The number of nitrogens with zero attached hydrogens (tertiary/aromatic N) is 3. The number of aromatic amines is 1. The lowest BCUT2D eigenvalue weighted by Gasteiger charge is -2.47. The summed E-state index contributed by atoms with van der Waals surface area (Å²) in [5.41, 5.74) is 5.60. The third-order valence-corrected chi connectivity index (χ3v) is 13.0. The topological polar surface area (TPSA) is 149 Å². The van der Waals surface area contributed by atoms with E-state index in [1.807, 2.05) is 35.4 Å². The Morgan fingerprint density at radius 1 is 0.934 bits per heavy atom. The number of carbonyl (C=O) groups excluding carboxylic acids is 3. The molecule has 1 saturated carbocycles. The molecule has 13 heteroatoms. The van der Waals surface area contributed by atoms with Gasteiger partial charge in [0.1, 0.15) is 11.4 Å². The number of H-pyrrole nitrogens is 1. The molecule has 3 aliphatic heterocycles. The van der Waals surface area contributed by atoms with Crippen LogP contribution in [0, 0.1) is 0 Å². The Morgan fingerprint density at radius 3 is 2.64 bits per heavy atom. The number of para-hydroxylation sites is 1. The Bertz CT molecular complexity index is 2120. The van der Waals surface area contributed by atoms with Crippen LogP contribution in [-0.2, 0) is 49.7 Å². The highest BCUT2D eigenvalue weighted by Gasteiger charge is 2.41. The van der Waals surface area contributed by atoms with Gasteiger partial charge in [-0.1, -0.05) is 67.8 Å². The number of rotatable bonds is 17. The van der Waals surface area contributed by atoms with Crippen molar-refractivity contribution in [3.63, 3.8) is 0 Å². The fourth-order valence-corrected chi connectivity index (χ4v) is 9.63. The standard InChI is InChI=1S/C48H62N6O7/c55-42-14-13-37(47-46(42)51-43(56)33-60-47)15-20-49-21-24-54(39-9-2-1-3-10-39)44(57)17-27-59-26-16-35-7-6-8-36(29-35)32-52-22-18-48(19-23-52)34-53(25-28-61-48)45(58)30-38-31-50-41-12-5-4-11-40(38)41/h4-8,11-14,29,31,39,49-50,55H,1-3,9-10,15-28,30,32-34H2,(H,51,56). The third-order valence-electron chi connectivity index (χ3n) is 13.0. The Hall–Kier alpha value is -4.95. The molecule has 4 heterocycles. The van der Waals surface area contributed by atoms with Crippen molar-refractivity contribution in [2.75, 3.05) is 77.6 Å². The van der Waals surface area contributed by atoms with Crippen LogP contribution in [0.2, 0.25) is 0 Å². The minimum absolute atomic E-state index is 0.00415. The van der Waals surface area contributed by atoms with Gasteiger partial charge in [0, 0.05) is 69.0 Å². The number of ether oxygens (including phenoxy) is 3. The van der Waals surface area contributed by atoms with Crippen molar-refractivity contribution < 1.29 is 33.7 Å². The molecular weight excluding hydrogens is 773 g/mol. The first kappa shape index (κ1) is 42.7. The lowest BCUT2D eigenvalue weighted by molar-refractivity contribution is -0.159. The van der Waals surface area contributed by atoms with Crippen LogP contribution in [-0.4, -0.2) is 126 Å². The average molecular weight is 835 g/mol. The first-order valence-electron chi connectivity index (χ1n) is 22.4. The fourth-order valence-electron chi connectivity index (χ4n) is 9.63. The summed E-state index contributed by atoms with van der Waals surface area (Å²) in [5.74, 6) is 0.561. The predicted octanol–water partition coefficient (Wildman–Crippen LogP) is 5.58. The van der Waals surface area contributed by atoms with Gasteiger partial charge in [0.25, 0.3) is 5.91 Å². The number of nitrogens with one attached hydrogen (secondary N) is 3. The number of hydrogen-bond acceptors (Lipinski definition) is 9. The molecule has 0 unspecified atom stereocenters. The summed E-state index contributed by atoms with van der Waals surface area (Å²) in [6.07, 6.45) is 11.6. The number of anilines is 1. The molecule has 4 N–H and O–H groups in total. The number of likely N-dealkylation sites (tertiary alicyclic amines) is 1. The van der Waals surface area contributed by atoms with E-state index in [0.29, 0.717) is 83.2 Å². The molecule has 4 aromatic rings. The van der Waals surface area contributed by atoms with Crippen LogP contribution in [0.15, 0.2) is 66.9 Å². The van der Waals surface area contributed by atoms with E-state index in [4.69, 9.17) is 14.2 Å². The maximum atomic E-state index is 13.6. The van der Waals surface area contributed by atoms with Gasteiger partial charge in [0.2, 0.25) is 11.8 Å². The summed E-state index contributed by atoms with van der Waals surface area (Å²) in [4.78, 5) is 48.6. The number of aromatic nitrogens is 1. The number of phenolic OH excluding ortho intramolecular Hbond substituents is 1. The maximum Gasteiger partial charge on any atom is 0.262 e. The first-order chi connectivity index (χ1) is 29.8. The highest BCUT2D eigenvalue weighted by atomic mass is 16.5. The van der Waals surface area contributed by atoms with E-state index < -0.39 is 0 Å². The van der Waals surface area contributed by atoms with Crippen LogP contribution in [0.5, 0.6) is 11.5 Å². The molecule has 2 saturated heterocycles. The van der Waals surface area contributed by atoms with E-state index in [0.717, 1.165) is 86.6 Å². The molecule has 61 heavy (non-hydrogen) atoms.